The summed E-state index contributed by atoms with van der Waals surface area (Å²) < 4.78 is 0. The number of hydrogen-bond donors (Lipinski definition) is 1. The van der Waals surface area contributed by atoms with Crippen molar-refractivity contribution in [2.24, 2.45) is 0 Å². The average molecular weight is 139 g/mol. The third kappa shape index (κ3) is 4.59. The van der Waals surface area contributed by atoms with Gasteiger partial charge >= 0.3 is 29.6 Å². The molecule has 0 fully saturated rings. The second-order valence-electron chi connectivity index (χ2n) is 1.00. The maximum Gasteiger partial charge on any atom is 1.00 e. The summed E-state index contributed by atoms with van der Waals surface area (Å²) in [5.41, 5.74) is 0. The summed E-state index contributed by atoms with van der Waals surface area (Å²) in [6, 6.07) is 0. The number of carbonyl (C=O) groups excluding carboxylic acids is 1. The minimum Gasteiger partial charge on any atom is -0.775 e. The summed E-state index contributed by atoms with van der Waals surface area (Å²) in [4.78, 5) is 10.3. The van der Waals surface area contributed by atoms with E-state index in [4.69, 9.17) is 0 Å². The van der Waals surface area contributed by atoms with E-state index < -0.39 is 0 Å². The molecule has 0 heterocycles. The third-order valence-electron chi connectivity index (χ3n) is 0.480. The Bertz CT molecular complexity index is 104. The second-order valence-corrected chi connectivity index (χ2v) is 1.50. The zero-order valence-corrected chi connectivity index (χ0v) is 7.84. The Labute approximate surface area is 76.4 Å². The van der Waals surface area contributed by atoms with Crippen molar-refractivity contribution in [2.75, 3.05) is 7.05 Å². The molecule has 0 spiro atoms. The molecule has 0 aliphatic rings. The van der Waals surface area contributed by atoms with Crippen molar-refractivity contribution >= 4 is 18.5 Å². The van der Waals surface area contributed by atoms with E-state index in [1.54, 1.807) is 0 Å². The van der Waals surface area contributed by atoms with Gasteiger partial charge in [-0.25, -0.2) is 0 Å². The quantitative estimate of drug-likeness (QED) is 0.235. The van der Waals surface area contributed by atoms with E-state index in [2.05, 4.69) is 24.5 Å². The van der Waals surface area contributed by atoms with Gasteiger partial charge in [-0.1, -0.05) is 0 Å². The van der Waals surface area contributed by atoms with Crippen LogP contribution in [0.3, 0.4) is 0 Å². The summed E-state index contributed by atoms with van der Waals surface area (Å²) in [6.45, 7) is 3.23. The molecule has 0 atom stereocenters. The molecule has 0 aromatic heterocycles. The van der Waals surface area contributed by atoms with Crippen molar-refractivity contribution in [3.8, 4) is 0 Å². The van der Waals surface area contributed by atoms with E-state index in [9.17, 15) is 4.79 Å². The Morgan fingerprint density at radius 2 is 2.12 bits per heavy atom. The minimum atomic E-state index is -0.282. The standard InChI is InChI=1S/C4H7NOS.Na/c1-3(7)4(6)5-2;/h7H,1H2,2H3,(H,5,6);/q;+1/p-1. The Hall–Kier alpha value is 0.430. The second kappa shape index (κ2) is 5.56. The van der Waals surface area contributed by atoms with Crippen LogP contribution in [0.4, 0.5) is 0 Å². The van der Waals surface area contributed by atoms with Crippen molar-refractivity contribution < 1.29 is 34.4 Å². The minimum absolute atomic E-state index is 0. The molecular formula is C4H6NNaOS. The molecule has 0 unspecified atom stereocenters. The summed E-state index contributed by atoms with van der Waals surface area (Å²) >= 11 is 4.39. The first-order valence-electron chi connectivity index (χ1n) is 1.76. The van der Waals surface area contributed by atoms with Crippen LogP contribution in [0.1, 0.15) is 0 Å². The number of amides is 1. The van der Waals surface area contributed by atoms with Gasteiger partial charge in [0.15, 0.2) is 0 Å². The number of hydrogen-bond acceptors (Lipinski definition) is 2. The van der Waals surface area contributed by atoms with Gasteiger partial charge in [0.2, 0.25) is 5.91 Å². The zero-order chi connectivity index (χ0) is 5.86. The molecule has 0 radical (unpaired) electrons. The molecule has 1 amide bonds. The van der Waals surface area contributed by atoms with Gasteiger partial charge in [0.05, 0.1) is 0 Å². The van der Waals surface area contributed by atoms with E-state index in [0.717, 1.165) is 0 Å². The van der Waals surface area contributed by atoms with Gasteiger partial charge in [-0.2, -0.15) is 0 Å². The molecule has 8 heavy (non-hydrogen) atoms. The molecule has 0 aliphatic heterocycles. The van der Waals surface area contributed by atoms with E-state index in [0.29, 0.717) is 0 Å². The van der Waals surface area contributed by atoms with Crippen molar-refractivity contribution in [3.05, 3.63) is 11.5 Å². The first kappa shape index (κ1) is 11.3. The summed E-state index contributed by atoms with van der Waals surface area (Å²) in [5.74, 6) is -0.282. The number of likely N-dealkylation sites (N-methyl/N-ethyl adjacent to an activating group) is 1. The van der Waals surface area contributed by atoms with Gasteiger partial charge in [-0.3, -0.25) is 4.79 Å². The van der Waals surface area contributed by atoms with Crippen LogP contribution in [0.25, 0.3) is 0 Å². The molecule has 2 nitrogen and oxygen atoms in total. The monoisotopic (exact) mass is 139 g/mol. The van der Waals surface area contributed by atoms with Crippen LogP contribution < -0.4 is 34.9 Å². The molecule has 0 bridgehead atoms. The van der Waals surface area contributed by atoms with Gasteiger partial charge in [-0.05, 0) is 0 Å². The van der Waals surface area contributed by atoms with Gasteiger partial charge < -0.3 is 17.9 Å². The summed E-state index contributed by atoms with van der Waals surface area (Å²) in [6.07, 6.45) is 0. The molecule has 0 rings (SSSR count). The molecule has 1 N–H and O–H groups in total. The van der Waals surface area contributed by atoms with Crippen LogP contribution in [0.2, 0.25) is 0 Å². The zero-order valence-electron chi connectivity index (χ0n) is 5.02. The summed E-state index contributed by atoms with van der Waals surface area (Å²) in [7, 11) is 1.51. The molecular weight excluding hydrogens is 133 g/mol. The van der Waals surface area contributed by atoms with E-state index in [1.165, 1.54) is 7.05 Å². The van der Waals surface area contributed by atoms with Gasteiger partial charge in [0.25, 0.3) is 0 Å². The number of carbonyl (C=O) groups is 1. The Morgan fingerprint density at radius 3 is 2.12 bits per heavy atom. The van der Waals surface area contributed by atoms with Gasteiger partial charge in [0.1, 0.15) is 0 Å². The van der Waals surface area contributed by atoms with Crippen molar-refractivity contribution in [3.63, 3.8) is 0 Å². The first-order valence-corrected chi connectivity index (χ1v) is 2.17. The van der Waals surface area contributed by atoms with Crippen LogP contribution in [-0.2, 0) is 17.4 Å². The van der Waals surface area contributed by atoms with E-state index in [1.807, 2.05) is 0 Å². The van der Waals surface area contributed by atoms with Crippen LogP contribution in [0.15, 0.2) is 11.5 Å². The van der Waals surface area contributed by atoms with E-state index >= 15 is 0 Å². The number of rotatable bonds is 1. The summed E-state index contributed by atoms with van der Waals surface area (Å²) in [5, 5.41) is 2.32. The largest absolute Gasteiger partial charge is 1.00 e. The normalized spacial score (nSPS) is 6.62. The predicted molar refractivity (Wildman–Crippen MR) is 30.6 cm³/mol. The Kier molecular flexibility index (Phi) is 7.83. The molecule has 0 saturated heterocycles. The van der Waals surface area contributed by atoms with E-state index in [-0.39, 0.29) is 40.4 Å². The predicted octanol–water partition coefficient (Wildman–Crippen LogP) is -3.20. The number of nitrogens with one attached hydrogen (secondary N) is 1. The third-order valence-corrected chi connectivity index (χ3v) is 0.666. The molecule has 0 aliphatic carbocycles. The Balaban J connectivity index is 0. The molecule has 4 heteroatoms. The molecule has 0 aromatic rings. The molecule has 40 valence electrons. The van der Waals surface area contributed by atoms with Crippen LogP contribution in [0.5, 0.6) is 0 Å². The topological polar surface area (TPSA) is 29.1 Å². The SMILES string of the molecule is C=C([S-])C(=O)NC.[Na+]. The van der Waals surface area contributed by atoms with Crippen molar-refractivity contribution in [1.82, 2.24) is 5.32 Å². The van der Waals surface area contributed by atoms with Crippen LogP contribution in [0, 0.1) is 0 Å². The van der Waals surface area contributed by atoms with Gasteiger partial charge in [-0.15, -0.1) is 11.5 Å². The molecule has 0 saturated carbocycles. The Morgan fingerprint density at radius 1 is 1.75 bits per heavy atom. The van der Waals surface area contributed by atoms with Crippen LogP contribution >= 0.6 is 0 Å². The first-order chi connectivity index (χ1) is 3.18. The maximum absolute atomic E-state index is 10.2. The maximum atomic E-state index is 10.2. The fraction of sp³-hybridized carbons (Fsp3) is 0.250. The van der Waals surface area contributed by atoms with Crippen molar-refractivity contribution in [2.45, 2.75) is 0 Å². The fourth-order valence-electron chi connectivity index (χ4n) is 0.139. The average Bonchev–Trinajstić information content (AvgIpc) is 1.65. The van der Waals surface area contributed by atoms with Crippen LogP contribution in [-0.4, -0.2) is 13.0 Å². The van der Waals surface area contributed by atoms with Gasteiger partial charge in [0, 0.05) is 7.05 Å². The smallest absolute Gasteiger partial charge is 0.775 e. The van der Waals surface area contributed by atoms with Crippen molar-refractivity contribution in [1.29, 1.82) is 0 Å². The molecule has 0 aromatic carbocycles. The fourth-order valence-corrected chi connectivity index (χ4v) is 0.241.